The molecule has 4 heterocycles. The number of hydrogen-bond donors (Lipinski definition) is 0. The molecular formula is C41H57BrF2S4. The van der Waals surface area contributed by atoms with Crippen molar-refractivity contribution in [2.75, 3.05) is 0 Å². The lowest BCUT2D eigenvalue weighted by molar-refractivity contribution is 0.411. The number of hydrogen-bond acceptors (Lipinski definition) is 4. The predicted molar refractivity (Wildman–Crippen MR) is 218 cm³/mol. The predicted octanol–water partition coefficient (Wildman–Crippen LogP) is 16.9. The molecule has 0 N–H and O–H groups in total. The Morgan fingerprint density at radius 1 is 0.521 bits per heavy atom. The SMILES string of the molecule is CCCCCCC(CCCC)Cc1cc(C)sc1-c1cc(F)c(-c2sc(-c3sc(Br)cc3CC(CCCC)CCCCCC)cc2F)s1. The Bertz CT molecular complexity index is 1400. The van der Waals surface area contributed by atoms with Crippen molar-refractivity contribution in [3.05, 3.63) is 55.7 Å². The quantitative estimate of drug-likeness (QED) is 0.0656. The molecule has 0 spiro atoms. The standard InChI is InChI=1S/C41H57BrF2S4/c1-6-10-14-16-20-29(18-12-8-3)23-31-22-28(5)45-38(31)35-26-33(43)40(46-35)41-34(44)27-36(47-41)39-32(25-37(42)48-39)24-30(19-13-9-4)21-17-15-11-7-2/h22,25-27,29-30H,6-21,23-24H2,1-5H3. The lowest BCUT2D eigenvalue weighted by Crippen LogP contribution is -2.05. The molecule has 4 aromatic rings. The first kappa shape index (κ1) is 39.9. The van der Waals surface area contributed by atoms with Gasteiger partial charge in [0.1, 0.15) is 11.6 Å². The van der Waals surface area contributed by atoms with Crippen LogP contribution in [-0.4, -0.2) is 0 Å². The van der Waals surface area contributed by atoms with E-state index in [1.54, 1.807) is 34.8 Å². The van der Waals surface area contributed by atoms with Crippen LogP contribution < -0.4 is 0 Å². The van der Waals surface area contributed by atoms with E-state index in [-0.39, 0.29) is 11.6 Å². The Morgan fingerprint density at radius 3 is 1.44 bits per heavy atom. The molecule has 0 fully saturated rings. The van der Waals surface area contributed by atoms with Crippen molar-refractivity contribution in [1.29, 1.82) is 0 Å². The first-order valence-corrected chi connectivity index (χ1v) is 22.8. The van der Waals surface area contributed by atoms with Crippen LogP contribution in [0, 0.1) is 30.4 Å². The maximum absolute atomic E-state index is 15.8. The summed E-state index contributed by atoms with van der Waals surface area (Å²) in [5, 5.41) is 0. The van der Waals surface area contributed by atoms with Gasteiger partial charge >= 0.3 is 0 Å². The number of rotatable bonds is 23. The summed E-state index contributed by atoms with van der Waals surface area (Å²) >= 11 is 10.0. The summed E-state index contributed by atoms with van der Waals surface area (Å²) in [4.78, 5) is 6.30. The van der Waals surface area contributed by atoms with Crippen LogP contribution in [0.25, 0.3) is 29.3 Å². The van der Waals surface area contributed by atoms with Crippen LogP contribution >= 0.6 is 61.3 Å². The molecule has 0 saturated carbocycles. The second kappa shape index (κ2) is 20.9. The molecular weight excluding hydrogens is 739 g/mol. The fourth-order valence-electron chi connectivity index (χ4n) is 6.98. The van der Waals surface area contributed by atoms with Crippen molar-refractivity contribution in [3.63, 3.8) is 0 Å². The molecule has 4 rings (SSSR count). The molecule has 4 aromatic heterocycles. The molecule has 48 heavy (non-hydrogen) atoms. The molecule has 0 nitrogen and oxygen atoms in total. The van der Waals surface area contributed by atoms with Gasteiger partial charge in [-0.15, -0.1) is 45.3 Å². The summed E-state index contributed by atoms with van der Waals surface area (Å²) in [6.07, 6.45) is 22.3. The summed E-state index contributed by atoms with van der Waals surface area (Å²) in [7, 11) is 0. The van der Waals surface area contributed by atoms with E-state index in [4.69, 9.17) is 0 Å². The molecule has 0 saturated heterocycles. The minimum Gasteiger partial charge on any atom is -0.205 e. The van der Waals surface area contributed by atoms with Crippen molar-refractivity contribution in [2.24, 2.45) is 11.8 Å². The van der Waals surface area contributed by atoms with E-state index in [1.807, 2.05) is 0 Å². The molecule has 0 amide bonds. The van der Waals surface area contributed by atoms with Gasteiger partial charge in [-0.3, -0.25) is 0 Å². The van der Waals surface area contributed by atoms with Gasteiger partial charge in [0.05, 0.1) is 13.5 Å². The zero-order valence-corrected chi connectivity index (χ0v) is 34.8. The molecule has 0 aliphatic heterocycles. The molecule has 0 aromatic carbocycles. The monoisotopic (exact) mass is 794 g/mol. The third kappa shape index (κ3) is 11.6. The average Bonchev–Trinajstić information content (AvgIpc) is 3.83. The second-order valence-electron chi connectivity index (χ2n) is 13.8. The topological polar surface area (TPSA) is 0 Å². The highest BCUT2D eigenvalue weighted by molar-refractivity contribution is 9.11. The van der Waals surface area contributed by atoms with E-state index >= 15 is 8.78 Å². The molecule has 0 aliphatic rings. The van der Waals surface area contributed by atoms with Crippen LogP contribution in [-0.2, 0) is 12.8 Å². The molecule has 0 bridgehead atoms. The fourth-order valence-corrected chi connectivity index (χ4v) is 12.2. The minimum atomic E-state index is -0.311. The third-order valence-electron chi connectivity index (χ3n) is 9.62. The summed E-state index contributed by atoms with van der Waals surface area (Å²) < 4.78 is 32.6. The fraction of sp³-hybridized carbons (Fsp3) is 0.610. The molecule has 0 radical (unpaired) electrons. The van der Waals surface area contributed by atoms with Gasteiger partial charge in [-0.25, -0.2) is 8.78 Å². The van der Waals surface area contributed by atoms with Crippen LogP contribution in [0.5, 0.6) is 0 Å². The maximum atomic E-state index is 15.8. The number of aryl methyl sites for hydroxylation is 1. The third-order valence-corrected chi connectivity index (χ3v) is 15.1. The van der Waals surface area contributed by atoms with Crippen molar-refractivity contribution in [1.82, 2.24) is 0 Å². The number of unbranched alkanes of at least 4 members (excludes halogenated alkanes) is 8. The Morgan fingerprint density at radius 2 is 0.958 bits per heavy atom. The van der Waals surface area contributed by atoms with Gasteiger partial charge in [0.2, 0.25) is 0 Å². The van der Waals surface area contributed by atoms with Gasteiger partial charge in [-0.2, -0.15) is 0 Å². The van der Waals surface area contributed by atoms with Gasteiger partial charge < -0.3 is 0 Å². The van der Waals surface area contributed by atoms with Crippen LogP contribution in [0.2, 0.25) is 0 Å². The minimum absolute atomic E-state index is 0.305. The zero-order valence-electron chi connectivity index (χ0n) is 30.0. The Kier molecular flexibility index (Phi) is 17.3. The van der Waals surface area contributed by atoms with Crippen molar-refractivity contribution in [3.8, 4) is 29.3 Å². The van der Waals surface area contributed by atoms with Crippen LogP contribution in [0.15, 0.2) is 28.1 Å². The maximum Gasteiger partial charge on any atom is 0.143 e. The highest BCUT2D eigenvalue weighted by Gasteiger charge is 2.24. The Balaban J connectivity index is 1.57. The van der Waals surface area contributed by atoms with E-state index < -0.39 is 0 Å². The highest BCUT2D eigenvalue weighted by Crippen LogP contribution is 2.49. The van der Waals surface area contributed by atoms with Crippen LogP contribution in [0.1, 0.15) is 146 Å². The average molecular weight is 796 g/mol. The van der Waals surface area contributed by atoms with E-state index in [0.717, 1.165) is 31.3 Å². The van der Waals surface area contributed by atoms with E-state index in [0.29, 0.717) is 21.6 Å². The van der Waals surface area contributed by atoms with Crippen LogP contribution in [0.4, 0.5) is 8.78 Å². The number of thiophene rings is 4. The lowest BCUT2D eigenvalue weighted by atomic mass is 9.89. The largest absolute Gasteiger partial charge is 0.205 e. The van der Waals surface area contributed by atoms with Crippen molar-refractivity contribution < 1.29 is 8.78 Å². The Hall–Kier alpha value is -0.860. The normalized spacial score (nSPS) is 13.1. The molecule has 266 valence electrons. The van der Waals surface area contributed by atoms with Gasteiger partial charge in [0.25, 0.3) is 0 Å². The zero-order chi connectivity index (χ0) is 34.5. The summed E-state index contributed by atoms with van der Waals surface area (Å²) in [5.74, 6) is 0.688. The smallest absolute Gasteiger partial charge is 0.143 e. The van der Waals surface area contributed by atoms with E-state index in [1.165, 1.54) is 146 Å². The highest BCUT2D eigenvalue weighted by atomic mass is 79.9. The van der Waals surface area contributed by atoms with Gasteiger partial charge in [-0.1, -0.05) is 130 Å². The summed E-state index contributed by atoms with van der Waals surface area (Å²) in [5.41, 5.74) is 2.64. The lowest BCUT2D eigenvalue weighted by Gasteiger charge is -2.17. The van der Waals surface area contributed by atoms with Gasteiger partial charge in [-0.05, 0) is 82.9 Å². The Labute approximate surface area is 314 Å². The summed E-state index contributed by atoms with van der Waals surface area (Å²) in [6, 6.07) is 7.88. The van der Waals surface area contributed by atoms with Crippen molar-refractivity contribution in [2.45, 2.75) is 150 Å². The summed E-state index contributed by atoms with van der Waals surface area (Å²) in [6.45, 7) is 11.2. The van der Waals surface area contributed by atoms with E-state index in [2.05, 4.69) is 62.7 Å². The van der Waals surface area contributed by atoms with Crippen LogP contribution in [0.3, 0.4) is 0 Å². The molecule has 2 unspecified atom stereocenters. The number of halogens is 3. The first-order valence-electron chi connectivity index (χ1n) is 18.7. The van der Waals surface area contributed by atoms with Gasteiger partial charge in [0.15, 0.2) is 0 Å². The first-order chi connectivity index (χ1) is 23.3. The second-order valence-corrected chi connectivity index (χ2v) is 19.6. The molecule has 7 heteroatoms. The van der Waals surface area contributed by atoms with E-state index in [9.17, 15) is 0 Å². The molecule has 2 atom stereocenters. The van der Waals surface area contributed by atoms with Crippen molar-refractivity contribution >= 4 is 61.3 Å². The van der Waals surface area contributed by atoms with Gasteiger partial charge in [0, 0.05) is 24.4 Å². The molecule has 0 aliphatic carbocycles.